The van der Waals surface area contributed by atoms with Crippen LogP contribution in [0.3, 0.4) is 0 Å². The van der Waals surface area contributed by atoms with Crippen LogP contribution in [0.1, 0.15) is 5.82 Å². The highest BCUT2D eigenvalue weighted by molar-refractivity contribution is 6.34. The highest BCUT2D eigenvalue weighted by atomic mass is 35.5. The number of rotatable bonds is 2. The summed E-state index contributed by atoms with van der Waals surface area (Å²) >= 11 is 6.11. The monoisotopic (exact) mass is 250 g/mol. The van der Waals surface area contributed by atoms with Gasteiger partial charge in [0, 0.05) is 26.2 Å². The maximum Gasteiger partial charge on any atom is 0.121 e. The van der Waals surface area contributed by atoms with Crippen molar-refractivity contribution in [2.75, 3.05) is 26.2 Å². The molecule has 0 amide bonds. The predicted octanol–water partition coefficient (Wildman–Crippen LogP) is 1.62. The molecule has 2 aromatic rings. The minimum absolute atomic E-state index is 0.713. The number of H-pyrrole nitrogens is 1. The van der Waals surface area contributed by atoms with Crippen molar-refractivity contribution >= 4 is 22.6 Å². The number of nitrogens with zero attached hydrogens (tertiary/aromatic N) is 2. The van der Waals surface area contributed by atoms with Crippen LogP contribution >= 0.6 is 11.6 Å². The SMILES string of the molecule is Clc1cccc2[nH]c(CN3CCNCC3)nc12. The van der Waals surface area contributed by atoms with E-state index in [1.807, 2.05) is 18.2 Å². The second kappa shape index (κ2) is 4.64. The van der Waals surface area contributed by atoms with Gasteiger partial charge in [0.05, 0.1) is 17.1 Å². The Hall–Kier alpha value is -1.10. The molecule has 90 valence electrons. The number of benzene rings is 1. The third kappa shape index (κ3) is 2.29. The third-order valence-corrected chi connectivity index (χ3v) is 3.40. The number of para-hydroxylation sites is 1. The molecule has 0 atom stereocenters. The number of halogens is 1. The first-order valence-corrected chi connectivity index (χ1v) is 6.27. The quantitative estimate of drug-likeness (QED) is 0.852. The van der Waals surface area contributed by atoms with E-state index in [4.69, 9.17) is 11.6 Å². The molecule has 2 heterocycles. The highest BCUT2D eigenvalue weighted by Gasteiger charge is 2.12. The largest absolute Gasteiger partial charge is 0.341 e. The Morgan fingerprint density at radius 2 is 2.12 bits per heavy atom. The molecule has 1 aliphatic rings. The van der Waals surface area contributed by atoms with Gasteiger partial charge in [-0.05, 0) is 12.1 Å². The van der Waals surface area contributed by atoms with Crippen LogP contribution in [0.2, 0.25) is 5.02 Å². The van der Waals surface area contributed by atoms with Crippen LogP contribution in [0, 0.1) is 0 Å². The summed E-state index contributed by atoms with van der Waals surface area (Å²) in [5, 5.41) is 4.06. The lowest BCUT2D eigenvalue weighted by atomic mass is 10.3. The fourth-order valence-electron chi connectivity index (χ4n) is 2.20. The predicted molar refractivity (Wildman–Crippen MR) is 69.3 cm³/mol. The van der Waals surface area contributed by atoms with E-state index in [1.54, 1.807) is 0 Å². The first kappa shape index (κ1) is 11.0. The van der Waals surface area contributed by atoms with Crippen LogP contribution in [0.4, 0.5) is 0 Å². The van der Waals surface area contributed by atoms with E-state index >= 15 is 0 Å². The average molecular weight is 251 g/mol. The van der Waals surface area contributed by atoms with Crippen molar-refractivity contribution in [3.8, 4) is 0 Å². The minimum Gasteiger partial charge on any atom is -0.341 e. The van der Waals surface area contributed by atoms with Gasteiger partial charge in [0.25, 0.3) is 0 Å². The van der Waals surface area contributed by atoms with Gasteiger partial charge >= 0.3 is 0 Å². The number of fused-ring (bicyclic) bond motifs is 1. The van der Waals surface area contributed by atoms with Gasteiger partial charge in [-0.15, -0.1) is 0 Å². The molecule has 1 fully saturated rings. The minimum atomic E-state index is 0.713. The van der Waals surface area contributed by atoms with Crippen molar-refractivity contribution in [2.45, 2.75) is 6.54 Å². The molecule has 4 nitrogen and oxygen atoms in total. The summed E-state index contributed by atoms with van der Waals surface area (Å²) in [5.74, 6) is 0.995. The normalized spacial score (nSPS) is 17.7. The number of imidazole rings is 1. The zero-order valence-electron chi connectivity index (χ0n) is 9.54. The summed E-state index contributed by atoms with van der Waals surface area (Å²) in [6.45, 7) is 5.13. The van der Waals surface area contributed by atoms with E-state index in [0.29, 0.717) is 5.02 Å². The molecule has 0 saturated carbocycles. The Morgan fingerprint density at radius 1 is 1.29 bits per heavy atom. The van der Waals surface area contributed by atoms with Crippen LogP contribution in [-0.2, 0) is 6.54 Å². The molecule has 1 saturated heterocycles. The van der Waals surface area contributed by atoms with Crippen molar-refractivity contribution in [3.63, 3.8) is 0 Å². The number of hydrogen-bond donors (Lipinski definition) is 2. The van der Waals surface area contributed by atoms with Crippen molar-refractivity contribution in [1.29, 1.82) is 0 Å². The number of aromatic amines is 1. The van der Waals surface area contributed by atoms with Gasteiger partial charge in [-0.25, -0.2) is 4.98 Å². The van der Waals surface area contributed by atoms with Crippen LogP contribution < -0.4 is 5.32 Å². The Labute approximate surface area is 105 Å². The number of nitrogens with one attached hydrogen (secondary N) is 2. The molecular formula is C12H15ClN4. The lowest BCUT2D eigenvalue weighted by Crippen LogP contribution is -2.43. The van der Waals surface area contributed by atoms with Crippen LogP contribution in [0.25, 0.3) is 11.0 Å². The van der Waals surface area contributed by atoms with Gasteiger partial charge in [-0.2, -0.15) is 0 Å². The number of piperazine rings is 1. The maximum absolute atomic E-state index is 6.11. The van der Waals surface area contributed by atoms with Crippen LogP contribution in [0.5, 0.6) is 0 Å². The van der Waals surface area contributed by atoms with Crippen molar-refractivity contribution < 1.29 is 0 Å². The zero-order valence-corrected chi connectivity index (χ0v) is 10.3. The first-order valence-electron chi connectivity index (χ1n) is 5.89. The fourth-order valence-corrected chi connectivity index (χ4v) is 2.42. The van der Waals surface area contributed by atoms with E-state index < -0.39 is 0 Å². The highest BCUT2D eigenvalue weighted by Crippen LogP contribution is 2.21. The number of aromatic nitrogens is 2. The summed E-state index contributed by atoms with van der Waals surface area (Å²) in [5.41, 5.74) is 1.89. The molecule has 17 heavy (non-hydrogen) atoms. The van der Waals surface area contributed by atoms with E-state index in [1.165, 1.54) is 0 Å². The van der Waals surface area contributed by atoms with E-state index in [0.717, 1.165) is 49.6 Å². The standard InChI is InChI=1S/C12H15ClN4/c13-9-2-1-3-10-12(9)16-11(15-10)8-17-6-4-14-5-7-17/h1-3,14H,4-8H2,(H,15,16). The molecule has 1 aliphatic heterocycles. The molecule has 5 heteroatoms. The lowest BCUT2D eigenvalue weighted by molar-refractivity contribution is 0.229. The summed E-state index contributed by atoms with van der Waals surface area (Å²) in [4.78, 5) is 10.3. The van der Waals surface area contributed by atoms with E-state index in [-0.39, 0.29) is 0 Å². The Bertz CT molecular complexity index is 516. The molecule has 0 aliphatic carbocycles. The van der Waals surface area contributed by atoms with Crippen LogP contribution in [0.15, 0.2) is 18.2 Å². The molecule has 3 rings (SSSR count). The Morgan fingerprint density at radius 3 is 2.88 bits per heavy atom. The smallest absolute Gasteiger partial charge is 0.121 e. The second-order valence-corrected chi connectivity index (χ2v) is 4.75. The molecule has 1 aromatic carbocycles. The van der Waals surface area contributed by atoms with E-state index in [2.05, 4.69) is 20.2 Å². The van der Waals surface area contributed by atoms with Gasteiger partial charge in [0.2, 0.25) is 0 Å². The molecule has 2 N–H and O–H groups in total. The maximum atomic E-state index is 6.11. The average Bonchev–Trinajstić information content (AvgIpc) is 2.74. The molecular weight excluding hydrogens is 236 g/mol. The molecule has 0 unspecified atom stereocenters. The van der Waals surface area contributed by atoms with Crippen molar-refractivity contribution in [1.82, 2.24) is 20.2 Å². The van der Waals surface area contributed by atoms with Gasteiger partial charge in [-0.3, -0.25) is 4.90 Å². The Balaban J connectivity index is 1.83. The molecule has 1 aromatic heterocycles. The molecule has 0 bridgehead atoms. The second-order valence-electron chi connectivity index (χ2n) is 4.35. The summed E-state index contributed by atoms with van der Waals surface area (Å²) in [6.07, 6.45) is 0. The topological polar surface area (TPSA) is 44.0 Å². The van der Waals surface area contributed by atoms with Crippen LogP contribution in [-0.4, -0.2) is 41.0 Å². The Kier molecular flexibility index (Phi) is 3.01. The molecule has 0 radical (unpaired) electrons. The molecule has 0 spiro atoms. The first-order chi connectivity index (χ1) is 8.33. The van der Waals surface area contributed by atoms with Gasteiger partial charge in [0.15, 0.2) is 0 Å². The van der Waals surface area contributed by atoms with Gasteiger partial charge in [0.1, 0.15) is 11.3 Å². The van der Waals surface area contributed by atoms with Crippen molar-refractivity contribution in [2.24, 2.45) is 0 Å². The summed E-state index contributed by atoms with van der Waals surface area (Å²) < 4.78 is 0. The van der Waals surface area contributed by atoms with Crippen molar-refractivity contribution in [3.05, 3.63) is 29.0 Å². The third-order valence-electron chi connectivity index (χ3n) is 3.10. The lowest BCUT2D eigenvalue weighted by Gasteiger charge is -2.26. The zero-order chi connectivity index (χ0) is 11.7. The van der Waals surface area contributed by atoms with E-state index in [9.17, 15) is 0 Å². The van der Waals surface area contributed by atoms with Gasteiger partial charge < -0.3 is 10.3 Å². The fraction of sp³-hybridized carbons (Fsp3) is 0.417. The summed E-state index contributed by atoms with van der Waals surface area (Å²) in [6, 6.07) is 5.83. The number of hydrogen-bond acceptors (Lipinski definition) is 3. The van der Waals surface area contributed by atoms with Gasteiger partial charge in [-0.1, -0.05) is 17.7 Å². The summed E-state index contributed by atoms with van der Waals surface area (Å²) in [7, 11) is 0.